The maximum Gasteiger partial charge on any atom is 0.317 e. The highest BCUT2D eigenvalue weighted by Crippen LogP contribution is 2.39. The highest BCUT2D eigenvalue weighted by Gasteiger charge is 2.59. The second-order valence-corrected chi connectivity index (χ2v) is 18.1. The van der Waals surface area contributed by atoms with Crippen LogP contribution in [0.25, 0.3) is 0 Å². The number of carbonyl (C=O) groups excluding carboxylic acids is 4. The summed E-state index contributed by atoms with van der Waals surface area (Å²) in [6, 6.07) is 52.4. The van der Waals surface area contributed by atoms with E-state index in [0.29, 0.717) is 0 Å². The molecular formula is C58H55NO14. The first-order valence-electron chi connectivity index (χ1n) is 24.4. The zero-order valence-corrected chi connectivity index (χ0v) is 39.8. The number of hydrogen-bond donors (Lipinski definition) is 0. The van der Waals surface area contributed by atoms with Crippen LogP contribution in [0.4, 0.5) is 0 Å². The Hall–Kier alpha value is -6.92. The molecule has 73 heavy (non-hydrogen) atoms. The number of nitrogens with zero attached hydrogens (tertiary/aromatic N) is 1. The fraction of sp³-hybridized carbons (Fsp3) is 0.310. The van der Waals surface area contributed by atoms with Gasteiger partial charge in [-0.05, 0) is 39.9 Å². The van der Waals surface area contributed by atoms with Crippen molar-refractivity contribution in [2.75, 3.05) is 13.2 Å². The monoisotopic (exact) mass is 989 g/mol. The van der Waals surface area contributed by atoms with Crippen molar-refractivity contribution >= 4 is 23.8 Å². The lowest BCUT2D eigenvalue weighted by atomic mass is 9.93. The third-order valence-corrected chi connectivity index (χ3v) is 13.1. The van der Waals surface area contributed by atoms with E-state index in [2.05, 4.69) is 0 Å². The minimum atomic E-state index is -1.57. The van der Waals surface area contributed by atoms with Crippen molar-refractivity contribution in [3.63, 3.8) is 0 Å². The molecule has 0 radical (unpaired) electrons. The Bertz CT molecular complexity index is 2730. The lowest BCUT2D eigenvalue weighted by Gasteiger charge is -2.51. The zero-order chi connectivity index (χ0) is 49.9. The number of benzene rings is 6. The predicted octanol–water partition coefficient (Wildman–Crippen LogP) is 7.53. The van der Waals surface area contributed by atoms with Crippen LogP contribution in [0.1, 0.15) is 55.0 Å². The van der Waals surface area contributed by atoms with Gasteiger partial charge < -0.3 is 47.4 Å². The van der Waals surface area contributed by atoms with Gasteiger partial charge in [0.2, 0.25) is 0 Å². The van der Waals surface area contributed by atoms with Gasteiger partial charge in [0.1, 0.15) is 55.7 Å². The molecular weight excluding hydrogens is 935 g/mol. The highest BCUT2D eigenvalue weighted by molar-refractivity contribution is 6.21. The Kier molecular flexibility index (Phi) is 16.2. The maximum absolute atomic E-state index is 14.6. The average molecular weight is 990 g/mol. The van der Waals surface area contributed by atoms with Crippen LogP contribution in [0.3, 0.4) is 0 Å². The Morgan fingerprint density at radius 3 is 1.42 bits per heavy atom. The Balaban J connectivity index is 1.08. The van der Waals surface area contributed by atoms with Crippen LogP contribution in [-0.4, -0.2) is 103 Å². The Labute approximate surface area is 422 Å². The van der Waals surface area contributed by atoms with Crippen LogP contribution in [0.15, 0.2) is 176 Å². The second-order valence-electron chi connectivity index (χ2n) is 18.1. The van der Waals surface area contributed by atoms with Gasteiger partial charge in [0, 0.05) is 0 Å². The molecule has 10 atom stereocenters. The molecule has 2 amide bonds. The lowest BCUT2D eigenvalue weighted by Crippen LogP contribution is -2.69. The van der Waals surface area contributed by atoms with Crippen LogP contribution in [0.2, 0.25) is 0 Å². The van der Waals surface area contributed by atoms with Gasteiger partial charge in [-0.25, -0.2) is 0 Å². The molecule has 15 nitrogen and oxygen atoms in total. The van der Waals surface area contributed by atoms with Crippen molar-refractivity contribution in [2.24, 2.45) is 0 Å². The van der Waals surface area contributed by atoms with E-state index in [4.69, 9.17) is 47.4 Å². The van der Waals surface area contributed by atoms with Gasteiger partial charge in [0.05, 0.1) is 50.8 Å². The Morgan fingerprint density at radius 1 is 0.452 bits per heavy atom. The number of rotatable bonds is 17. The van der Waals surface area contributed by atoms with Crippen LogP contribution in [-0.2, 0) is 90.0 Å². The van der Waals surface area contributed by atoms with Crippen LogP contribution in [0.5, 0.6) is 0 Å². The van der Waals surface area contributed by atoms with Gasteiger partial charge in [0.25, 0.3) is 11.8 Å². The summed E-state index contributed by atoms with van der Waals surface area (Å²) in [7, 11) is 0. The lowest BCUT2D eigenvalue weighted by molar-refractivity contribution is -0.365. The normalized spacial score (nSPS) is 26.2. The summed E-state index contributed by atoms with van der Waals surface area (Å²) in [4.78, 5) is 58.3. The summed E-state index contributed by atoms with van der Waals surface area (Å²) in [5.74, 6) is -3.28. The van der Waals surface area contributed by atoms with Gasteiger partial charge in [-0.3, -0.25) is 24.1 Å². The molecule has 15 heteroatoms. The molecule has 10 rings (SSSR count). The molecule has 376 valence electrons. The standard InChI is InChI=1S/C58H55NO14/c60-47-30-48(61)72-52-49(59-55(62)43-28-16-17-29-44(43)56(59)63)57(69-35-42-26-14-5-15-27-42)70-45(36-64-31-38-18-6-1-7-19-38)51(52)73-58-54(68-34-41-24-12-4-13-25-41)53(67-33-40-22-10-3-11-23-40)50(46(71-58)37-65-47)66-32-39-20-8-2-9-21-39/h1-29,45-46,49-54,57-58H,30-37H2/t45-,46-,49-,50-,51+,52+,53+,54+,57+,58-/m1/s1. The second kappa shape index (κ2) is 23.7. The van der Waals surface area contributed by atoms with Crippen molar-refractivity contribution in [1.82, 2.24) is 4.90 Å². The number of fused-ring (bicyclic) bond motifs is 4. The van der Waals surface area contributed by atoms with Gasteiger partial charge in [-0.2, -0.15) is 0 Å². The molecule has 0 N–H and O–H groups in total. The first kappa shape index (κ1) is 49.6. The van der Waals surface area contributed by atoms with E-state index in [1.165, 1.54) is 0 Å². The molecule has 6 aromatic carbocycles. The fourth-order valence-corrected chi connectivity index (χ4v) is 9.51. The summed E-state index contributed by atoms with van der Waals surface area (Å²) < 4.78 is 66.7. The molecule has 3 fully saturated rings. The third kappa shape index (κ3) is 12.0. The summed E-state index contributed by atoms with van der Waals surface area (Å²) >= 11 is 0. The number of cyclic esters (lactones) is 1. The van der Waals surface area contributed by atoms with E-state index < -0.39 is 91.5 Å². The largest absolute Gasteiger partial charge is 0.462 e. The smallest absolute Gasteiger partial charge is 0.317 e. The molecule has 0 spiro atoms. The molecule has 0 saturated carbocycles. The van der Waals surface area contributed by atoms with Crippen molar-refractivity contribution in [1.29, 1.82) is 0 Å². The van der Waals surface area contributed by atoms with Gasteiger partial charge in [-0.15, -0.1) is 0 Å². The minimum Gasteiger partial charge on any atom is -0.462 e. The van der Waals surface area contributed by atoms with E-state index in [1.807, 2.05) is 152 Å². The quantitative estimate of drug-likeness (QED) is 0.0500. The minimum absolute atomic E-state index is 0.0328. The number of carbonyl (C=O) groups is 4. The summed E-state index contributed by atoms with van der Waals surface area (Å²) in [6.45, 7) is -0.106. The van der Waals surface area contributed by atoms with E-state index >= 15 is 0 Å². The molecule has 2 bridgehead atoms. The van der Waals surface area contributed by atoms with Crippen LogP contribution < -0.4 is 0 Å². The first-order chi connectivity index (χ1) is 35.9. The first-order valence-corrected chi connectivity index (χ1v) is 24.4. The molecule has 0 unspecified atom stereocenters. The van der Waals surface area contributed by atoms with E-state index in [1.54, 1.807) is 24.3 Å². The zero-order valence-electron chi connectivity index (χ0n) is 39.8. The molecule has 0 aliphatic carbocycles. The number of ether oxygens (including phenoxy) is 10. The van der Waals surface area contributed by atoms with Crippen molar-refractivity contribution < 1.29 is 66.5 Å². The van der Waals surface area contributed by atoms with E-state index in [9.17, 15) is 19.2 Å². The van der Waals surface area contributed by atoms with E-state index in [0.717, 1.165) is 32.7 Å². The number of hydrogen-bond acceptors (Lipinski definition) is 14. The number of amides is 2. The molecule has 4 aliphatic heterocycles. The third-order valence-electron chi connectivity index (χ3n) is 13.1. The van der Waals surface area contributed by atoms with Gasteiger partial charge in [-0.1, -0.05) is 164 Å². The molecule has 4 heterocycles. The van der Waals surface area contributed by atoms with Crippen molar-refractivity contribution in [2.45, 2.75) is 101 Å². The van der Waals surface area contributed by atoms with Gasteiger partial charge >= 0.3 is 11.9 Å². The maximum atomic E-state index is 14.6. The summed E-state index contributed by atoms with van der Waals surface area (Å²) in [5, 5.41) is 0. The van der Waals surface area contributed by atoms with Crippen molar-refractivity contribution in [3.8, 4) is 0 Å². The fourth-order valence-electron chi connectivity index (χ4n) is 9.51. The molecule has 3 saturated heterocycles. The summed E-state index contributed by atoms with van der Waals surface area (Å²) in [5.41, 5.74) is 4.45. The highest BCUT2D eigenvalue weighted by atomic mass is 16.8. The Morgan fingerprint density at radius 2 is 0.904 bits per heavy atom. The van der Waals surface area contributed by atoms with E-state index in [-0.39, 0.29) is 57.4 Å². The van der Waals surface area contributed by atoms with Crippen LogP contribution >= 0.6 is 0 Å². The number of imide groups is 1. The van der Waals surface area contributed by atoms with Crippen molar-refractivity contribution in [3.05, 3.63) is 215 Å². The predicted molar refractivity (Wildman–Crippen MR) is 261 cm³/mol. The average Bonchev–Trinajstić information content (AvgIpc) is 3.68. The molecule has 4 aliphatic rings. The SMILES string of the molecule is O=C1CC(=O)O[C@@H]2[C@@H](O[C@H]3O[C@H](CO1)[C@@H](OCc1ccccc1)[C@H](OCc1ccccc1)[C@@H]3OCc1ccccc1)[C@@H](COCc1ccccc1)O[C@H](OCc1ccccc1)[C@@H]2N1C(=O)c2ccccc2C1=O. The molecule has 6 aromatic rings. The van der Waals surface area contributed by atoms with Crippen LogP contribution in [0, 0.1) is 0 Å². The molecule has 0 aromatic heterocycles. The topological polar surface area (TPSA) is 164 Å². The summed E-state index contributed by atoms with van der Waals surface area (Å²) in [6.07, 6.45) is -11.9. The number of esters is 2. The van der Waals surface area contributed by atoms with Gasteiger partial charge in [0.15, 0.2) is 18.7 Å².